The summed E-state index contributed by atoms with van der Waals surface area (Å²) in [5, 5.41) is 11.0. The van der Waals surface area contributed by atoms with Crippen LogP contribution in [0.15, 0.2) is 18.6 Å². The van der Waals surface area contributed by atoms with Crippen LogP contribution in [0.4, 0.5) is 0 Å². The maximum atomic E-state index is 12.6. The minimum absolute atomic E-state index is 0.0607. The third-order valence-electron chi connectivity index (χ3n) is 3.88. The molecule has 0 saturated carbocycles. The van der Waals surface area contributed by atoms with E-state index >= 15 is 0 Å². The van der Waals surface area contributed by atoms with E-state index < -0.39 is 0 Å². The van der Waals surface area contributed by atoms with Gasteiger partial charge in [-0.1, -0.05) is 0 Å². The molecule has 3 rings (SSSR count). The van der Waals surface area contributed by atoms with Crippen LogP contribution in [-0.2, 0) is 6.54 Å². The topological polar surface area (TPSA) is 82.9 Å². The fourth-order valence-electron chi connectivity index (χ4n) is 2.68. The number of hydrogen-bond acceptors (Lipinski definition) is 5. The predicted octanol–water partition coefficient (Wildman–Crippen LogP) is 0.540. The molecule has 118 valence electrons. The van der Waals surface area contributed by atoms with Crippen LogP contribution >= 0.6 is 0 Å². The van der Waals surface area contributed by atoms with Crippen LogP contribution in [0.5, 0.6) is 0 Å². The molecule has 0 atom stereocenters. The van der Waals surface area contributed by atoms with Gasteiger partial charge in [-0.25, -0.2) is 4.98 Å². The zero-order chi connectivity index (χ0) is 15.5. The van der Waals surface area contributed by atoms with Crippen molar-refractivity contribution in [2.24, 2.45) is 0 Å². The Morgan fingerprint density at radius 2 is 2.09 bits per heavy atom. The Morgan fingerprint density at radius 3 is 2.73 bits per heavy atom. The highest BCUT2D eigenvalue weighted by Gasteiger charge is 2.25. The summed E-state index contributed by atoms with van der Waals surface area (Å²) in [5.41, 5.74) is 0.665. The van der Waals surface area contributed by atoms with Gasteiger partial charge in [0.2, 0.25) is 0 Å². The maximum Gasteiger partial charge on any atom is 0.272 e. The summed E-state index contributed by atoms with van der Waals surface area (Å²) in [6.45, 7) is 7.90. The lowest BCUT2D eigenvalue weighted by Gasteiger charge is -2.34. The van der Waals surface area contributed by atoms with Crippen LogP contribution in [0, 0.1) is 0 Å². The van der Waals surface area contributed by atoms with Crippen molar-refractivity contribution in [1.82, 2.24) is 34.8 Å². The average molecular weight is 303 g/mol. The monoisotopic (exact) mass is 303 g/mol. The number of aromatic amines is 1. The number of nitrogens with one attached hydrogen (secondary N) is 1. The van der Waals surface area contributed by atoms with E-state index in [2.05, 4.69) is 25.2 Å². The molecule has 1 N–H and O–H groups in total. The molecule has 0 aromatic carbocycles. The largest absolute Gasteiger partial charge is 0.335 e. The zero-order valence-corrected chi connectivity index (χ0v) is 12.9. The first-order valence-corrected chi connectivity index (χ1v) is 7.54. The van der Waals surface area contributed by atoms with E-state index in [-0.39, 0.29) is 11.9 Å². The summed E-state index contributed by atoms with van der Waals surface area (Å²) < 4.78 is 1.78. The predicted molar refractivity (Wildman–Crippen MR) is 80.2 cm³/mol. The van der Waals surface area contributed by atoms with Gasteiger partial charge in [-0.2, -0.15) is 10.2 Å². The third-order valence-corrected chi connectivity index (χ3v) is 3.88. The zero-order valence-electron chi connectivity index (χ0n) is 12.9. The summed E-state index contributed by atoms with van der Waals surface area (Å²) >= 11 is 0. The number of aromatic nitrogens is 5. The van der Waals surface area contributed by atoms with Crippen molar-refractivity contribution in [3.63, 3.8) is 0 Å². The Kier molecular flexibility index (Phi) is 4.19. The molecule has 0 spiro atoms. The van der Waals surface area contributed by atoms with E-state index in [0.717, 1.165) is 38.5 Å². The first-order valence-electron chi connectivity index (χ1n) is 7.54. The van der Waals surface area contributed by atoms with E-state index in [0.29, 0.717) is 5.69 Å². The van der Waals surface area contributed by atoms with Gasteiger partial charge in [-0.05, 0) is 19.9 Å². The normalized spacial score (nSPS) is 16.4. The smallest absolute Gasteiger partial charge is 0.272 e. The van der Waals surface area contributed by atoms with Crippen LogP contribution < -0.4 is 0 Å². The third kappa shape index (κ3) is 3.01. The molecule has 0 bridgehead atoms. The van der Waals surface area contributed by atoms with Crippen LogP contribution in [-0.4, -0.2) is 66.8 Å². The second kappa shape index (κ2) is 6.27. The molecule has 0 aliphatic carbocycles. The van der Waals surface area contributed by atoms with Gasteiger partial charge in [0.1, 0.15) is 17.8 Å². The molecule has 0 radical (unpaired) electrons. The van der Waals surface area contributed by atoms with Crippen molar-refractivity contribution >= 4 is 5.91 Å². The van der Waals surface area contributed by atoms with E-state index in [9.17, 15) is 4.79 Å². The molecule has 2 aromatic rings. The first kappa shape index (κ1) is 14.7. The van der Waals surface area contributed by atoms with Crippen molar-refractivity contribution < 1.29 is 4.79 Å². The summed E-state index contributed by atoms with van der Waals surface area (Å²) in [7, 11) is 0. The molecule has 22 heavy (non-hydrogen) atoms. The molecular weight excluding hydrogens is 282 g/mol. The van der Waals surface area contributed by atoms with Crippen LogP contribution in [0.3, 0.4) is 0 Å². The van der Waals surface area contributed by atoms with Crippen molar-refractivity contribution in [1.29, 1.82) is 0 Å². The van der Waals surface area contributed by atoms with E-state index in [1.54, 1.807) is 16.9 Å². The number of nitrogens with zero attached hydrogens (tertiary/aromatic N) is 6. The molecule has 1 aliphatic heterocycles. The summed E-state index contributed by atoms with van der Waals surface area (Å²) in [4.78, 5) is 20.9. The lowest BCUT2D eigenvalue weighted by Crippen LogP contribution is -2.48. The lowest BCUT2D eigenvalue weighted by molar-refractivity contribution is 0.0611. The molecule has 2 aromatic heterocycles. The fourth-order valence-corrected chi connectivity index (χ4v) is 2.68. The molecule has 1 aliphatic rings. The minimum atomic E-state index is 0.0607. The number of carbonyl (C=O) groups is 1. The van der Waals surface area contributed by atoms with Gasteiger partial charge in [-0.3, -0.25) is 19.5 Å². The van der Waals surface area contributed by atoms with Gasteiger partial charge in [0.15, 0.2) is 0 Å². The summed E-state index contributed by atoms with van der Waals surface area (Å²) in [6.07, 6.45) is 3.20. The maximum absolute atomic E-state index is 12.6. The number of piperazine rings is 1. The summed E-state index contributed by atoms with van der Waals surface area (Å²) in [5.74, 6) is 0.920. The lowest BCUT2D eigenvalue weighted by atomic mass is 10.2. The van der Waals surface area contributed by atoms with Gasteiger partial charge in [0, 0.05) is 38.4 Å². The first-order chi connectivity index (χ1) is 10.6. The SMILES string of the molecule is CC(C)n1nccc1C(=O)N1CCN(Cc2ncn[nH]2)CC1. The van der Waals surface area contributed by atoms with Crippen molar-refractivity contribution in [2.45, 2.75) is 26.4 Å². The molecular formula is C14H21N7O. The van der Waals surface area contributed by atoms with Crippen LogP contribution in [0.1, 0.15) is 36.2 Å². The molecule has 8 nitrogen and oxygen atoms in total. The Labute approximate surface area is 129 Å². The fraction of sp³-hybridized carbons (Fsp3) is 0.571. The number of hydrogen-bond donors (Lipinski definition) is 1. The van der Waals surface area contributed by atoms with Gasteiger partial charge in [-0.15, -0.1) is 0 Å². The Morgan fingerprint density at radius 1 is 1.32 bits per heavy atom. The number of amides is 1. The van der Waals surface area contributed by atoms with E-state index in [4.69, 9.17) is 0 Å². The van der Waals surface area contributed by atoms with Gasteiger partial charge >= 0.3 is 0 Å². The van der Waals surface area contributed by atoms with Gasteiger partial charge < -0.3 is 4.90 Å². The van der Waals surface area contributed by atoms with E-state index in [1.807, 2.05) is 18.7 Å². The highest BCUT2D eigenvalue weighted by Crippen LogP contribution is 2.13. The molecule has 0 unspecified atom stereocenters. The number of H-pyrrole nitrogens is 1. The average Bonchev–Trinajstić information content (AvgIpc) is 3.18. The number of rotatable bonds is 4. The Hall–Kier alpha value is -2.22. The van der Waals surface area contributed by atoms with Crippen LogP contribution in [0.2, 0.25) is 0 Å². The quantitative estimate of drug-likeness (QED) is 0.891. The molecule has 1 saturated heterocycles. The van der Waals surface area contributed by atoms with E-state index in [1.165, 1.54) is 6.33 Å². The number of carbonyl (C=O) groups excluding carboxylic acids is 1. The highest BCUT2D eigenvalue weighted by molar-refractivity contribution is 5.92. The standard InChI is InChI=1S/C14H21N7O/c1-11(2)21-12(3-4-17-21)14(22)20-7-5-19(6-8-20)9-13-15-10-16-18-13/h3-4,10-11H,5-9H2,1-2H3,(H,15,16,18). The van der Waals surface area contributed by atoms with Crippen molar-refractivity contribution in [3.05, 3.63) is 30.1 Å². The second-order valence-corrected chi connectivity index (χ2v) is 5.76. The van der Waals surface area contributed by atoms with Crippen LogP contribution in [0.25, 0.3) is 0 Å². The van der Waals surface area contributed by atoms with Crippen molar-refractivity contribution in [2.75, 3.05) is 26.2 Å². The molecule has 8 heteroatoms. The molecule has 1 fully saturated rings. The molecule has 3 heterocycles. The van der Waals surface area contributed by atoms with Gasteiger partial charge in [0.25, 0.3) is 5.91 Å². The molecule has 1 amide bonds. The Balaban J connectivity index is 1.59. The minimum Gasteiger partial charge on any atom is -0.335 e. The van der Waals surface area contributed by atoms with Crippen molar-refractivity contribution in [3.8, 4) is 0 Å². The summed E-state index contributed by atoms with van der Waals surface area (Å²) in [6, 6.07) is 1.98. The Bertz CT molecular complexity index is 611. The second-order valence-electron chi connectivity index (χ2n) is 5.76. The highest BCUT2D eigenvalue weighted by atomic mass is 16.2. The van der Waals surface area contributed by atoms with Gasteiger partial charge in [0.05, 0.1) is 6.54 Å².